The fourth-order valence-corrected chi connectivity index (χ4v) is 3.15. The van der Waals surface area contributed by atoms with Crippen LogP contribution < -0.4 is 5.32 Å². The number of carbonyl (C=O) groups is 1. The van der Waals surface area contributed by atoms with E-state index in [-0.39, 0.29) is 11.9 Å². The number of hydrogen-bond acceptors (Lipinski definition) is 5. The van der Waals surface area contributed by atoms with Gasteiger partial charge in [-0.1, -0.05) is 11.6 Å². The molecule has 1 atom stereocenters. The van der Waals surface area contributed by atoms with Gasteiger partial charge in [-0.2, -0.15) is 0 Å². The average Bonchev–Trinajstić information content (AvgIpc) is 2.97. The van der Waals surface area contributed by atoms with E-state index in [1.807, 2.05) is 6.92 Å². The van der Waals surface area contributed by atoms with Crippen LogP contribution in [0.3, 0.4) is 0 Å². The Morgan fingerprint density at radius 2 is 2.19 bits per heavy atom. The van der Waals surface area contributed by atoms with Crippen LogP contribution in [0.15, 0.2) is 36.2 Å². The largest absolute Gasteiger partial charge is 0.342 e. The van der Waals surface area contributed by atoms with Gasteiger partial charge in [-0.15, -0.1) is 10.2 Å². The Labute approximate surface area is 154 Å². The van der Waals surface area contributed by atoms with Crippen LogP contribution in [0.25, 0.3) is 0 Å². The highest BCUT2D eigenvalue weighted by Crippen LogP contribution is 2.16. The van der Waals surface area contributed by atoms with Crippen molar-refractivity contribution in [1.29, 1.82) is 0 Å². The van der Waals surface area contributed by atoms with Crippen molar-refractivity contribution >= 4 is 5.91 Å². The zero-order valence-electron chi connectivity index (χ0n) is 15.6. The summed E-state index contributed by atoms with van der Waals surface area (Å²) in [4.78, 5) is 18.8. The molecule has 0 saturated carbocycles. The Bertz CT molecular complexity index is 783. The van der Waals surface area contributed by atoms with Gasteiger partial charge in [-0.3, -0.25) is 14.7 Å². The molecule has 0 fully saturated rings. The number of rotatable bonds is 5. The summed E-state index contributed by atoms with van der Waals surface area (Å²) in [6, 6.07) is 3.29. The van der Waals surface area contributed by atoms with Crippen molar-refractivity contribution in [3.05, 3.63) is 53.4 Å². The first kappa shape index (κ1) is 18.3. The minimum atomic E-state index is -0.215. The number of nitrogens with one attached hydrogen (secondary N) is 1. The smallest absolute Gasteiger partial charge is 0.253 e. The summed E-state index contributed by atoms with van der Waals surface area (Å²) in [7, 11) is 0. The van der Waals surface area contributed by atoms with Crippen molar-refractivity contribution in [2.24, 2.45) is 0 Å². The Balaban J connectivity index is 1.68. The van der Waals surface area contributed by atoms with Gasteiger partial charge in [0.1, 0.15) is 5.82 Å². The number of pyridine rings is 1. The van der Waals surface area contributed by atoms with Crippen LogP contribution in [0.2, 0.25) is 0 Å². The first-order chi connectivity index (χ1) is 12.6. The van der Waals surface area contributed by atoms with Crippen LogP contribution in [-0.4, -0.2) is 50.2 Å². The van der Waals surface area contributed by atoms with Gasteiger partial charge in [-0.25, -0.2) is 0 Å². The standard InChI is InChI=1S/C19H26N6O/c1-4-14(2)13-24-9-7-17-22-23-18(25(17)11-10-24)15(3)21-19(26)16-6-5-8-20-12-16/h4-6,8,12,15H,7,9-11,13H2,1-3H3,(H,21,26)/b14-4+. The van der Waals surface area contributed by atoms with Crippen LogP contribution in [0, 0.1) is 0 Å². The number of hydrogen-bond donors (Lipinski definition) is 1. The summed E-state index contributed by atoms with van der Waals surface area (Å²) in [6.45, 7) is 9.92. The number of fused-ring (bicyclic) bond motifs is 1. The Hall–Kier alpha value is -2.54. The third kappa shape index (κ3) is 4.16. The van der Waals surface area contributed by atoms with Crippen LogP contribution in [0.5, 0.6) is 0 Å². The molecule has 0 aliphatic carbocycles. The number of amides is 1. The van der Waals surface area contributed by atoms with E-state index in [0.717, 1.165) is 44.2 Å². The highest BCUT2D eigenvalue weighted by atomic mass is 16.1. The van der Waals surface area contributed by atoms with Crippen LogP contribution in [0.4, 0.5) is 0 Å². The van der Waals surface area contributed by atoms with Gasteiger partial charge < -0.3 is 9.88 Å². The molecule has 1 amide bonds. The zero-order chi connectivity index (χ0) is 18.5. The summed E-state index contributed by atoms with van der Waals surface area (Å²) in [6.07, 6.45) is 6.24. The number of carbonyl (C=O) groups excluding carboxylic acids is 1. The molecule has 3 rings (SSSR count). The molecule has 1 aliphatic rings. The molecule has 0 bridgehead atoms. The zero-order valence-corrected chi connectivity index (χ0v) is 15.6. The van der Waals surface area contributed by atoms with Crippen molar-refractivity contribution in [1.82, 2.24) is 30.0 Å². The van der Waals surface area contributed by atoms with Crippen molar-refractivity contribution in [3.63, 3.8) is 0 Å². The lowest BCUT2D eigenvalue weighted by atomic mass is 10.2. The second-order valence-electron chi connectivity index (χ2n) is 6.72. The molecule has 138 valence electrons. The van der Waals surface area contributed by atoms with E-state index >= 15 is 0 Å². The quantitative estimate of drug-likeness (QED) is 0.831. The maximum atomic E-state index is 12.4. The van der Waals surface area contributed by atoms with Gasteiger partial charge in [0, 0.05) is 45.0 Å². The second-order valence-corrected chi connectivity index (χ2v) is 6.72. The van der Waals surface area contributed by atoms with Gasteiger partial charge in [0.15, 0.2) is 5.82 Å². The van der Waals surface area contributed by atoms with E-state index in [0.29, 0.717) is 5.56 Å². The van der Waals surface area contributed by atoms with E-state index in [1.165, 1.54) is 5.57 Å². The van der Waals surface area contributed by atoms with Gasteiger partial charge >= 0.3 is 0 Å². The fourth-order valence-electron chi connectivity index (χ4n) is 3.15. The molecule has 0 saturated heterocycles. The molecule has 7 nitrogen and oxygen atoms in total. The SMILES string of the molecule is C/C=C(\C)CN1CCc2nnc(C(C)NC(=O)c3cccnc3)n2CC1. The molecule has 2 aromatic heterocycles. The normalized spacial score (nSPS) is 16.7. The predicted molar refractivity (Wildman–Crippen MR) is 99.7 cm³/mol. The molecular weight excluding hydrogens is 328 g/mol. The third-order valence-electron chi connectivity index (χ3n) is 4.77. The topological polar surface area (TPSA) is 75.9 Å². The third-order valence-corrected chi connectivity index (χ3v) is 4.77. The minimum absolute atomic E-state index is 0.151. The molecule has 26 heavy (non-hydrogen) atoms. The van der Waals surface area contributed by atoms with Crippen LogP contribution in [-0.2, 0) is 13.0 Å². The van der Waals surface area contributed by atoms with Crippen LogP contribution in [0.1, 0.15) is 48.8 Å². The average molecular weight is 354 g/mol. The Kier molecular flexibility index (Phi) is 5.78. The fraction of sp³-hybridized carbons (Fsp3) is 0.474. The maximum Gasteiger partial charge on any atom is 0.253 e. The lowest BCUT2D eigenvalue weighted by molar-refractivity contribution is 0.0937. The van der Waals surface area contributed by atoms with Gasteiger partial charge in [0.25, 0.3) is 5.91 Å². The number of aromatic nitrogens is 4. The highest BCUT2D eigenvalue weighted by Gasteiger charge is 2.23. The molecule has 0 radical (unpaired) electrons. The van der Waals surface area contributed by atoms with E-state index in [2.05, 4.69) is 49.9 Å². The van der Waals surface area contributed by atoms with E-state index in [1.54, 1.807) is 24.5 Å². The first-order valence-corrected chi connectivity index (χ1v) is 9.05. The molecule has 1 unspecified atom stereocenters. The molecule has 1 aliphatic heterocycles. The van der Waals surface area contributed by atoms with E-state index < -0.39 is 0 Å². The molecule has 3 heterocycles. The summed E-state index contributed by atoms with van der Waals surface area (Å²) >= 11 is 0. The molecule has 1 N–H and O–H groups in total. The monoisotopic (exact) mass is 354 g/mol. The van der Waals surface area contributed by atoms with Crippen molar-refractivity contribution in [3.8, 4) is 0 Å². The maximum absolute atomic E-state index is 12.4. The first-order valence-electron chi connectivity index (χ1n) is 9.05. The molecule has 0 aromatic carbocycles. The van der Waals surface area contributed by atoms with Gasteiger partial charge in [0.2, 0.25) is 0 Å². The molecule has 2 aromatic rings. The van der Waals surface area contributed by atoms with E-state index in [4.69, 9.17) is 0 Å². The number of nitrogens with zero attached hydrogens (tertiary/aromatic N) is 5. The number of allylic oxidation sites excluding steroid dienone is 1. The molecule has 0 spiro atoms. The summed E-state index contributed by atoms with van der Waals surface area (Å²) in [5, 5.41) is 11.7. The summed E-state index contributed by atoms with van der Waals surface area (Å²) < 4.78 is 2.15. The summed E-state index contributed by atoms with van der Waals surface area (Å²) in [5.41, 5.74) is 1.92. The molecular formula is C19H26N6O. The lowest BCUT2D eigenvalue weighted by Gasteiger charge is -2.20. The highest BCUT2D eigenvalue weighted by molar-refractivity contribution is 5.93. The van der Waals surface area contributed by atoms with E-state index in [9.17, 15) is 4.79 Å². The molecule has 7 heteroatoms. The Morgan fingerprint density at radius 1 is 1.35 bits per heavy atom. The summed E-state index contributed by atoms with van der Waals surface area (Å²) in [5.74, 6) is 1.65. The minimum Gasteiger partial charge on any atom is -0.342 e. The lowest BCUT2D eigenvalue weighted by Crippen LogP contribution is -2.31. The van der Waals surface area contributed by atoms with Crippen molar-refractivity contribution in [2.75, 3.05) is 19.6 Å². The Morgan fingerprint density at radius 3 is 2.92 bits per heavy atom. The second kappa shape index (κ2) is 8.23. The van der Waals surface area contributed by atoms with Crippen LogP contribution >= 0.6 is 0 Å². The van der Waals surface area contributed by atoms with Gasteiger partial charge in [-0.05, 0) is 32.9 Å². The van der Waals surface area contributed by atoms with Gasteiger partial charge in [0.05, 0.1) is 11.6 Å². The van der Waals surface area contributed by atoms with Crippen molar-refractivity contribution in [2.45, 2.75) is 39.8 Å². The predicted octanol–water partition coefficient (Wildman–Crippen LogP) is 1.99. The van der Waals surface area contributed by atoms with Crippen molar-refractivity contribution < 1.29 is 4.79 Å².